The molecule has 0 radical (unpaired) electrons. The Morgan fingerprint density at radius 1 is 1.06 bits per heavy atom. The van der Waals surface area contributed by atoms with Crippen molar-refractivity contribution in [2.75, 3.05) is 24.0 Å². The number of nitro benzene ring substituents is 1. The van der Waals surface area contributed by atoms with Gasteiger partial charge in [-0.05, 0) is 66.6 Å². The maximum absolute atomic E-state index is 13.4. The van der Waals surface area contributed by atoms with E-state index in [0.717, 1.165) is 21.5 Å². The smallest absolute Gasteiger partial charge is 0.280 e. The molecule has 0 fully saturated rings. The number of rotatable bonds is 6. The van der Waals surface area contributed by atoms with E-state index in [1.54, 1.807) is 24.3 Å². The summed E-state index contributed by atoms with van der Waals surface area (Å²) >= 11 is 1.37. The molecule has 9 heteroatoms. The van der Waals surface area contributed by atoms with Crippen LogP contribution in [0.15, 0.2) is 71.8 Å². The van der Waals surface area contributed by atoms with Crippen LogP contribution in [0.4, 0.5) is 16.5 Å². The first-order chi connectivity index (χ1) is 15.8. The van der Waals surface area contributed by atoms with E-state index in [1.807, 2.05) is 56.3 Å². The lowest BCUT2D eigenvalue weighted by molar-refractivity contribution is -0.384. The zero-order valence-corrected chi connectivity index (χ0v) is 19.1. The number of benzene rings is 3. The molecule has 0 atom stereocenters. The van der Waals surface area contributed by atoms with Gasteiger partial charge in [0.25, 0.3) is 11.6 Å². The first-order valence-corrected chi connectivity index (χ1v) is 10.9. The van der Waals surface area contributed by atoms with Crippen LogP contribution in [0.5, 0.6) is 0 Å². The molecule has 0 saturated carbocycles. The van der Waals surface area contributed by atoms with Crippen molar-refractivity contribution in [3.63, 3.8) is 0 Å². The van der Waals surface area contributed by atoms with E-state index in [1.165, 1.54) is 34.7 Å². The van der Waals surface area contributed by atoms with Crippen LogP contribution in [-0.2, 0) is 0 Å². The number of anilines is 2. The third-order valence-electron chi connectivity index (χ3n) is 4.96. The van der Waals surface area contributed by atoms with E-state index >= 15 is 0 Å². The molecule has 8 nitrogen and oxygen atoms in total. The van der Waals surface area contributed by atoms with E-state index in [4.69, 9.17) is 0 Å². The first kappa shape index (κ1) is 22.1. The van der Waals surface area contributed by atoms with Crippen LogP contribution in [0.3, 0.4) is 0 Å². The molecule has 1 aromatic heterocycles. The number of carbonyl (C=O) groups excluding carboxylic acids is 1. The number of hydrazone groups is 1. The molecule has 0 unspecified atom stereocenters. The number of aryl methyl sites for hydroxylation is 1. The summed E-state index contributed by atoms with van der Waals surface area (Å²) in [5.74, 6) is -0.325. The van der Waals surface area contributed by atoms with Gasteiger partial charge in [-0.25, -0.2) is 4.98 Å². The van der Waals surface area contributed by atoms with E-state index in [0.29, 0.717) is 16.3 Å². The summed E-state index contributed by atoms with van der Waals surface area (Å²) in [6.07, 6.45) is 1.49. The Labute approximate surface area is 194 Å². The third-order valence-corrected chi connectivity index (χ3v) is 5.96. The lowest BCUT2D eigenvalue weighted by Crippen LogP contribution is -2.25. The number of aromatic nitrogens is 1. The number of thiazole rings is 1. The van der Waals surface area contributed by atoms with Crippen LogP contribution in [0.25, 0.3) is 10.2 Å². The maximum Gasteiger partial charge on any atom is 0.280 e. The molecule has 0 aliphatic heterocycles. The molecular weight excluding hydrogens is 438 g/mol. The van der Waals surface area contributed by atoms with Gasteiger partial charge in [-0.3, -0.25) is 14.9 Å². The van der Waals surface area contributed by atoms with Crippen molar-refractivity contribution >= 4 is 50.2 Å². The van der Waals surface area contributed by atoms with Gasteiger partial charge in [0.2, 0.25) is 5.13 Å². The Kier molecular flexibility index (Phi) is 6.14. The summed E-state index contributed by atoms with van der Waals surface area (Å²) in [5.41, 5.74) is 3.94. The summed E-state index contributed by atoms with van der Waals surface area (Å²) in [4.78, 5) is 30.4. The molecule has 1 amide bonds. The number of amides is 1. The van der Waals surface area contributed by atoms with Crippen LogP contribution in [-0.4, -0.2) is 36.1 Å². The Balaban J connectivity index is 1.71. The van der Waals surface area contributed by atoms with Crippen molar-refractivity contribution in [1.82, 2.24) is 4.98 Å². The van der Waals surface area contributed by atoms with Gasteiger partial charge in [0, 0.05) is 37.5 Å². The fourth-order valence-electron chi connectivity index (χ4n) is 3.13. The van der Waals surface area contributed by atoms with Gasteiger partial charge in [0.15, 0.2) is 0 Å². The molecule has 0 aliphatic rings. The molecule has 0 spiro atoms. The molecular formula is C24H21N5O3S. The van der Waals surface area contributed by atoms with Crippen molar-refractivity contribution in [3.05, 3.63) is 93.5 Å². The Morgan fingerprint density at radius 3 is 2.39 bits per heavy atom. The first-order valence-electron chi connectivity index (χ1n) is 10.1. The Bertz CT molecular complexity index is 1350. The molecule has 4 aromatic rings. The minimum Gasteiger partial charge on any atom is -0.378 e. The number of hydrogen-bond donors (Lipinski definition) is 0. The van der Waals surface area contributed by atoms with Gasteiger partial charge in [0.1, 0.15) is 0 Å². The molecule has 0 aliphatic carbocycles. The van der Waals surface area contributed by atoms with Crippen molar-refractivity contribution in [2.24, 2.45) is 5.10 Å². The Morgan fingerprint density at radius 2 is 1.76 bits per heavy atom. The molecule has 0 bridgehead atoms. The van der Waals surface area contributed by atoms with E-state index in [2.05, 4.69) is 10.1 Å². The summed E-state index contributed by atoms with van der Waals surface area (Å²) in [6.45, 7) is 2.00. The number of carbonyl (C=O) groups is 1. The fourth-order valence-corrected chi connectivity index (χ4v) is 4.15. The maximum atomic E-state index is 13.4. The third kappa shape index (κ3) is 4.88. The minimum absolute atomic E-state index is 0.0115. The average molecular weight is 460 g/mol. The summed E-state index contributed by atoms with van der Waals surface area (Å²) < 4.78 is 0.955. The van der Waals surface area contributed by atoms with Crippen LogP contribution in [0.2, 0.25) is 0 Å². The van der Waals surface area contributed by atoms with Crippen molar-refractivity contribution in [1.29, 1.82) is 0 Å². The van der Waals surface area contributed by atoms with Crippen molar-refractivity contribution in [3.8, 4) is 0 Å². The summed E-state index contributed by atoms with van der Waals surface area (Å²) in [7, 11) is 3.86. The lowest BCUT2D eigenvalue weighted by Gasteiger charge is -2.16. The van der Waals surface area contributed by atoms with E-state index < -0.39 is 4.92 Å². The highest BCUT2D eigenvalue weighted by atomic mass is 32.1. The zero-order chi connectivity index (χ0) is 23.5. The van der Waals surface area contributed by atoms with Gasteiger partial charge in [-0.2, -0.15) is 10.1 Å². The molecule has 4 rings (SSSR count). The van der Waals surface area contributed by atoms with Gasteiger partial charge in [-0.1, -0.05) is 17.4 Å². The lowest BCUT2D eigenvalue weighted by atomic mass is 10.2. The summed E-state index contributed by atoms with van der Waals surface area (Å²) in [6, 6.07) is 19.1. The molecule has 3 aromatic carbocycles. The SMILES string of the molecule is Cc1ccc2nc(N(/N=C/c3ccc([N+](=O)[O-])cc3)C(=O)c3ccc(N(C)C)cc3)sc2c1. The highest BCUT2D eigenvalue weighted by molar-refractivity contribution is 7.22. The van der Waals surface area contributed by atoms with Crippen molar-refractivity contribution < 1.29 is 9.72 Å². The van der Waals surface area contributed by atoms with E-state index in [9.17, 15) is 14.9 Å². The monoisotopic (exact) mass is 459 g/mol. The van der Waals surface area contributed by atoms with Crippen molar-refractivity contribution in [2.45, 2.75) is 6.92 Å². The quantitative estimate of drug-likeness (QED) is 0.223. The highest BCUT2D eigenvalue weighted by Crippen LogP contribution is 2.31. The molecule has 166 valence electrons. The minimum atomic E-state index is -0.461. The number of hydrogen-bond acceptors (Lipinski definition) is 7. The molecule has 1 heterocycles. The predicted molar refractivity (Wildman–Crippen MR) is 133 cm³/mol. The number of fused-ring (bicyclic) bond motifs is 1. The predicted octanol–water partition coefficient (Wildman–Crippen LogP) is 5.26. The van der Waals surface area contributed by atoms with E-state index in [-0.39, 0.29) is 11.6 Å². The van der Waals surface area contributed by atoms with Gasteiger partial charge in [0.05, 0.1) is 21.4 Å². The largest absolute Gasteiger partial charge is 0.378 e. The number of nitro groups is 1. The second-order valence-corrected chi connectivity index (χ2v) is 8.63. The molecule has 33 heavy (non-hydrogen) atoms. The average Bonchev–Trinajstić information content (AvgIpc) is 3.22. The zero-order valence-electron chi connectivity index (χ0n) is 18.3. The normalized spacial score (nSPS) is 11.1. The summed E-state index contributed by atoms with van der Waals surface area (Å²) in [5, 5.41) is 17.0. The van der Waals surface area contributed by atoms with Crippen LogP contribution in [0.1, 0.15) is 21.5 Å². The molecule has 0 saturated heterocycles. The topological polar surface area (TPSA) is 91.9 Å². The van der Waals surface area contributed by atoms with Crippen LogP contribution >= 0.6 is 11.3 Å². The molecule has 0 N–H and O–H groups in total. The Hall–Kier alpha value is -4.11. The second-order valence-electron chi connectivity index (χ2n) is 7.62. The second kappa shape index (κ2) is 9.17. The fraction of sp³-hybridized carbons (Fsp3) is 0.125. The highest BCUT2D eigenvalue weighted by Gasteiger charge is 2.21. The standard InChI is InChI=1S/C24H21N5O3S/c1-16-4-13-21-22(14-16)33-24(26-21)28(23(30)18-7-11-19(12-8-18)27(2)3)25-15-17-5-9-20(10-6-17)29(31)32/h4-15H,1-3H3/b25-15+. The van der Waals surface area contributed by atoms with Gasteiger partial charge in [-0.15, -0.1) is 0 Å². The van der Waals surface area contributed by atoms with Gasteiger partial charge >= 0.3 is 0 Å². The number of non-ortho nitro benzene ring substituents is 1. The van der Waals surface area contributed by atoms with Crippen LogP contribution in [0, 0.1) is 17.0 Å². The van der Waals surface area contributed by atoms with Gasteiger partial charge < -0.3 is 4.90 Å². The number of nitrogens with zero attached hydrogens (tertiary/aromatic N) is 5. The van der Waals surface area contributed by atoms with Crippen LogP contribution < -0.4 is 9.91 Å².